The summed E-state index contributed by atoms with van der Waals surface area (Å²) in [5, 5.41) is 0. The maximum atomic E-state index is 12.5. The van der Waals surface area contributed by atoms with E-state index >= 15 is 0 Å². The second kappa shape index (κ2) is 2.55. The van der Waals surface area contributed by atoms with Gasteiger partial charge < -0.3 is 4.55 Å². The second-order valence-corrected chi connectivity index (χ2v) is 5.65. The van der Waals surface area contributed by atoms with E-state index in [0.29, 0.717) is 13.2 Å². The molecule has 0 aromatic heterocycles. The Hall–Kier alpha value is -0.0100. The van der Waals surface area contributed by atoms with Gasteiger partial charge in [-0.25, -0.2) is 12.8 Å². The first kappa shape index (κ1) is 9.99. The highest BCUT2D eigenvalue weighted by atomic mass is 32.3. The van der Waals surface area contributed by atoms with Gasteiger partial charge in [0.25, 0.3) is 4.33 Å². The summed E-state index contributed by atoms with van der Waals surface area (Å²) in [7, 11) is -4.18. The van der Waals surface area contributed by atoms with Crippen LogP contribution in [0.1, 0.15) is 6.92 Å². The van der Waals surface area contributed by atoms with Crippen molar-refractivity contribution in [3.05, 3.63) is 0 Å². The van der Waals surface area contributed by atoms with Crippen molar-refractivity contribution < 1.29 is 21.6 Å². The van der Waals surface area contributed by atoms with E-state index in [-0.39, 0.29) is 0 Å². The molecule has 0 aliphatic heterocycles. The molecule has 0 bridgehead atoms. The Morgan fingerprint density at radius 2 is 1.90 bits per heavy atom. The average Bonchev–Trinajstić information content (AvgIpc) is 1.62. The Morgan fingerprint density at radius 3 is 1.90 bits per heavy atom. The van der Waals surface area contributed by atoms with E-state index in [2.05, 4.69) is 0 Å². The lowest BCUT2D eigenvalue weighted by Gasteiger charge is -2.20. The van der Waals surface area contributed by atoms with E-state index in [1.807, 2.05) is 0 Å². The molecule has 0 radical (unpaired) electrons. The fourth-order valence-electron chi connectivity index (χ4n) is 0.124. The summed E-state index contributed by atoms with van der Waals surface area (Å²) < 4.78 is 49.8. The Balaban J connectivity index is 4.95. The molecule has 0 saturated heterocycles. The molecule has 0 spiro atoms. The third kappa shape index (κ3) is 1.74. The summed E-state index contributed by atoms with van der Waals surface area (Å²) in [4.78, 5) is 0. The minimum atomic E-state index is -4.18. The molecule has 0 heterocycles. The van der Waals surface area contributed by atoms with Gasteiger partial charge in [-0.1, -0.05) is 0 Å². The molecule has 0 aliphatic rings. The van der Waals surface area contributed by atoms with Crippen LogP contribution >= 0.6 is 0 Å². The molecular formula is C3H6FO4S2-. The predicted octanol–water partition coefficient (Wildman–Crippen LogP) is -0.447. The van der Waals surface area contributed by atoms with Crippen molar-refractivity contribution in [2.24, 2.45) is 0 Å². The zero-order valence-corrected chi connectivity index (χ0v) is 6.96. The van der Waals surface area contributed by atoms with Gasteiger partial charge in [-0.05, 0) is 18.0 Å². The molecule has 0 aromatic carbocycles. The third-order valence-corrected chi connectivity index (χ3v) is 4.20. The zero-order valence-electron chi connectivity index (χ0n) is 5.33. The predicted molar refractivity (Wildman–Crippen MR) is 33.3 cm³/mol. The summed E-state index contributed by atoms with van der Waals surface area (Å²) in [5.74, 6) is 0. The molecule has 0 rings (SSSR count). The van der Waals surface area contributed by atoms with E-state index in [1.165, 1.54) is 0 Å². The zero-order chi connectivity index (χ0) is 8.58. The minimum absolute atomic E-state index is 0.478. The molecule has 0 N–H and O–H groups in total. The van der Waals surface area contributed by atoms with Gasteiger partial charge in [0.1, 0.15) is 0 Å². The lowest BCUT2D eigenvalue weighted by Crippen LogP contribution is -2.33. The summed E-state index contributed by atoms with van der Waals surface area (Å²) in [6, 6.07) is 0. The highest BCUT2D eigenvalue weighted by Gasteiger charge is 2.36. The molecule has 7 heteroatoms. The largest absolute Gasteiger partial charge is 0.769 e. The van der Waals surface area contributed by atoms with Crippen molar-refractivity contribution in [1.82, 2.24) is 0 Å². The molecule has 4 nitrogen and oxygen atoms in total. The van der Waals surface area contributed by atoms with Crippen LogP contribution in [0.4, 0.5) is 4.39 Å². The SMILES string of the molecule is CC(F)(S(=O)[O-])S(C)(=O)=O. The van der Waals surface area contributed by atoms with Crippen LogP contribution in [0.2, 0.25) is 0 Å². The Labute approximate surface area is 60.6 Å². The number of hydrogen-bond donors (Lipinski definition) is 0. The van der Waals surface area contributed by atoms with Crippen molar-refractivity contribution in [1.29, 1.82) is 0 Å². The number of rotatable bonds is 2. The van der Waals surface area contributed by atoms with E-state index in [1.54, 1.807) is 0 Å². The van der Waals surface area contributed by atoms with Gasteiger partial charge in [0, 0.05) is 6.26 Å². The molecule has 0 saturated carbocycles. The van der Waals surface area contributed by atoms with Crippen molar-refractivity contribution >= 4 is 20.9 Å². The van der Waals surface area contributed by atoms with E-state index in [4.69, 9.17) is 0 Å². The second-order valence-electron chi connectivity index (χ2n) is 1.84. The standard InChI is InChI=1S/C3H7FO4S2/c1-3(4,9(5)6)10(2,7)8/h1-2H3,(H,5,6)/p-1. The van der Waals surface area contributed by atoms with Crippen LogP contribution in [-0.2, 0) is 20.9 Å². The molecule has 0 fully saturated rings. The van der Waals surface area contributed by atoms with Gasteiger partial charge in [0.05, 0.1) is 0 Å². The van der Waals surface area contributed by atoms with Crippen LogP contribution in [0.15, 0.2) is 0 Å². The molecule has 10 heavy (non-hydrogen) atoms. The first-order valence-corrected chi connectivity index (χ1v) is 5.14. The van der Waals surface area contributed by atoms with Crippen LogP contribution in [-0.4, -0.2) is 27.8 Å². The van der Waals surface area contributed by atoms with Gasteiger partial charge in [-0.15, -0.1) is 0 Å². The monoisotopic (exact) mass is 189 g/mol. The Morgan fingerprint density at radius 1 is 1.60 bits per heavy atom. The number of alkyl halides is 1. The number of hydrogen-bond acceptors (Lipinski definition) is 4. The van der Waals surface area contributed by atoms with Crippen molar-refractivity contribution in [3.8, 4) is 0 Å². The molecule has 62 valence electrons. The van der Waals surface area contributed by atoms with Crippen LogP contribution in [0, 0.1) is 0 Å². The quantitative estimate of drug-likeness (QED) is 0.551. The first-order chi connectivity index (χ1) is 4.19. The topological polar surface area (TPSA) is 74.3 Å². The minimum Gasteiger partial charge on any atom is -0.769 e. The lowest BCUT2D eigenvalue weighted by molar-refractivity contribution is 0.369. The van der Waals surface area contributed by atoms with Crippen LogP contribution in [0.25, 0.3) is 0 Å². The van der Waals surface area contributed by atoms with Gasteiger partial charge in [-0.2, -0.15) is 0 Å². The maximum Gasteiger partial charge on any atom is 0.268 e. The van der Waals surface area contributed by atoms with Crippen molar-refractivity contribution in [2.75, 3.05) is 6.26 Å². The lowest BCUT2D eigenvalue weighted by atomic mass is 10.9. The van der Waals surface area contributed by atoms with Gasteiger partial charge in [0.15, 0.2) is 9.84 Å². The molecule has 2 atom stereocenters. The number of sulfone groups is 1. The van der Waals surface area contributed by atoms with E-state index in [0.717, 1.165) is 0 Å². The Kier molecular flexibility index (Phi) is 2.55. The molecule has 0 aromatic rings. The average molecular weight is 189 g/mol. The highest BCUT2D eigenvalue weighted by molar-refractivity contribution is 8.04. The van der Waals surface area contributed by atoms with Gasteiger partial charge in [-0.3, -0.25) is 4.21 Å². The van der Waals surface area contributed by atoms with Crippen LogP contribution in [0.3, 0.4) is 0 Å². The van der Waals surface area contributed by atoms with Crippen LogP contribution in [0.5, 0.6) is 0 Å². The van der Waals surface area contributed by atoms with E-state index < -0.39 is 25.3 Å². The summed E-state index contributed by atoms with van der Waals surface area (Å²) >= 11 is -3.25. The fourth-order valence-corrected chi connectivity index (χ4v) is 1.11. The Bertz CT molecular complexity index is 241. The normalized spacial score (nSPS) is 21.6. The summed E-state index contributed by atoms with van der Waals surface area (Å²) in [6.45, 7) is 0.478. The van der Waals surface area contributed by atoms with E-state index in [9.17, 15) is 21.6 Å². The fraction of sp³-hybridized carbons (Fsp3) is 1.00. The van der Waals surface area contributed by atoms with Crippen molar-refractivity contribution in [3.63, 3.8) is 0 Å². The van der Waals surface area contributed by atoms with Crippen molar-refractivity contribution in [2.45, 2.75) is 11.3 Å². The molecular weight excluding hydrogens is 183 g/mol. The highest BCUT2D eigenvalue weighted by Crippen LogP contribution is 2.20. The first-order valence-electron chi connectivity index (χ1n) is 2.17. The van der Waals surface area contributed by atoms with Gasteiger partial charge >= 0.3 is 0 Å². The summed E-state index contributed by atoms with van der Waals surface area (Å²) in [5.41, 5.74) is 0. The third-order valence-electron chi connectivity index (χ3n) is 0.960. The maximum absolute atomic E-state index is 12.5. The summed E-state index contributed by atoms with van der Waals surface area (Å²) in [6.07, 6.45) is 0.517. The smallest absolute Gasteiger partial charge is 0.268 e. The van der Waals surface area contributed by atoms with Gasteiger partial charge in [0.2, 0.25) is 0 Å². The molecule has 2 unspecified atom stereocenters. The molecule has 0 amide bonds. The number of halogens is 1. The molecule has 0 aliphatic carbocycles. The van der Waals surface area contributed by atoms with Crippen LogP contribution < -0.4 is 0 Å².